The Labute approximate surface area is 98.7 Å². The third-order valence-corrected chi connectivity index (χ3v) is 2.56. The molecular weight excluding hydrogens is 224 g/mol. The van der Waals surface area contributed by atoms with Crippen molar-refractivity contribution in [2.75, 3.05) is 11.9 Å². The van der Waals surface area contributed by atoms with Gasteiger partial charge >= 0.3 is 6.03 Å². The van der Waals surface area contributed by atoms with Crippen LogP contribution in [0.5, 0.6) is 0 Å². The zero-order chi connectivity index (χ0) is 11.8. The predicted molar refractivity (Wildman–Crippen MR) is 64.4 cm³/mol. The molecule has 1 rings (SSSR count). The molecule has 0 saturated heterocycles. The Morgan fingerprint density at radius 2 is 2.31 bits per heavy atom. The van der Waals surface area contributed by atoms with E-state index in [-0.39, 0.29) is 6.03 Å². The van der Waals surface area contributed by atoms with Gasteiger partial charge in [-0.15, -0.1) is 16.1 Å². The second kappa shape index (κ2) is 6.80. The molecule has 2 amide bonds. The van der Waals surface area contributed by atoms with Crippen LogP contribution in [0.1, 0.15) is 25.3 Å². The van der Waals surface area contributed by atoms with Crippen LogP contribution in [0.4, 0.5) is 9.93 Å². The van der Waals surface area contributed by atoms with Gasteiger partial charge in [0.2, 0.25) is 5.13 Å². The summed E-state index contributed by atoms with van der Waals surface area (Å²) >= 11 is 1.39. The highest BCUT2D eigenvalue weighted by Gasteiger charge is 2.06. The lowest BCUT2D eigenvalue weighted by molar-refractivity contribution is 0.253. The molecule has 1 aromatic rings. The third-order valence-electron chi connectivity index (χ3n) is 1.67. The van der Waals surface area contributed by atoms with Gasteiger partial charge < -0.3 is 5.32 Å². The molecule has 0 aromatic carbocycles. The Bertz CT molecular complexity index is 404. The van der Waals surface area contributed by atoms with Gasteiger partial charge in [0.05, 0.1) is 6.54 Å². The van der Waals surface area contributed by atoms with Crippen LogP contribution in [-0.4, -0.2) is 22.8 Å². The van der Waals surface area contributed by atoms with Crippen LogP contribution < -0.4 is 10.6 Å². The van der Waals surface area contributed by atoms with Gasteiger partial charge in [0, 0.05) is 6.42 Å². The second-order valence-corrected chi connectivity index (χ2v) is 4.05. The molecule has 86 valence electrons. The van der Waals surface area contributed by atoms with E-state index in [9.17, 15) is 4.79 Å². The lowest BCUT2D eigenvalue weighted by atomic mass is 10.4. The fourth-order valence-corrected chi connectivity index (χ4v) is 1.81. The van der Waals surface area contributed by atoms with Crippen molar-refractivity contribution in [2.24, 2.45) is 0 Å². The quantitative estimate of drug-likeness (QED) is 0.783. The van der Waals surface area contributed by atoms with Gasteiger partial charge in [0.1, 0.15) is 5.01 Å². The number of amides is 2. The molecule has 0 fully saturated rings. The summed E-state index contributed by atoms with van der Waals surface area (Å²) in [7, 11) is 0. The SMILES string of the molecule is CC#CCNC(=O)Nc1nnc(CCC)s1. The lowest BCUT2D eigenvalue weighted by Crippen LogP contribution is -2.28. The number of carbonyl (C=O) groups is 1. The van der Waals surface area contributed by atoms with Crippen LogP contribution in [0.3, 0.4) is 0 Å². The Hall–Kier alpha value is -1.61. The van der Waals surface area contributed by atoms with Gasteiger partial charge in [-0.2, -0.15) is 0 Å². The monoisotopic (exact) mass is 238 g/mol. The molecule has 0 unspecified atom stereocenters. The molecule has 16 heavy (non-hydrogen) atoms. The fraction of sp³-hybridized carbons (Fsp3) is 0.500. The minimum atomic E-state index is -0.304. The minimum Gasteiger partial charge on any atom is -0.327 e. The van der Waals surface area contributed by atoms with Crippen molar-refractivity contribution in [2.45, 2.75) is 26.7 Å². The van der Waals surface area contributed by atoms with Gasteiger partial charge in [0.15, 0.2) is 0 Å². The summed E-state index contributed by atoms with van der Waals surface area (Å²) in [5, 5.41) is 14.5. The molecule has 2 N–H and O–H groups in total. The molecule has 0 aliphatic carbocycles. The fourth-order valence-electron chi connectivity index (χ4n) is 0.973. The van der Waals surface area contributed by atoms with Crippen LogP contribution in [0, 0.1) is 11.8 Å². The topological polar surface area (TPSA) is 66.9 Å². The van der Waals surface area contributed by atoms with Crippen molar-refractivity contribution < 1.29 is 4.79 Å². The van der Waals surface area contributed by atoms with Gasteiger partial charge in [-0.25, -0.2) is 4.79 Å². The van der Waals surface area contributed by atoms with Crippen molar-refractivity contribution in [1.82, 2.24) is 15.5 Å². The van der Waals surface area contributed by atoms with Crippen molar-refractivity contribution in [3.05, 3.63) is 5.01 Å². The highest BCUT2D eigenvalue weighted by atomic mass is 32.1. The zero-order valence-electron chi connectivity index (χ0n) is 9.33. The van der Waals surface area contributed by atoms with Gasteiger partial charge in [-0.3, -0.25) is 5.32 Å². The Balaban J connectivity index is 2.39. The predicted octanol–water partition coefficient (Wildman–Crippen LogP) is 1.64. The number of carbonyl (C=O) groups excluding carboxylic acids is 1. The van der Waals surface area contributed by atoms with E-state index in [2.05, 4.69) is 39.6 Å². The van der Waals surface area contributed by atoms with Crippen LogP contribution in [0.2, 0.25) is 0 Å². The molecule has 0 spiro atoms. The number of nitrogens with zero attached hydrogens (tertiary/aromatic N) is 2. The van der Waals surface area contributed by atoms with E-state index < -0.39 is 0 Å². The average molecular weight is 238 g/mol. The molecule has 0 saturated carbocycles. The van der Waals surface area contributed by atoms with E-state index in [4.69, 9.17) is 0 Å². The van der Waals surface area contributed by atoms with E-state index in [0.29, 0.717) is 11.7 Å². The summed E-state index contributed by atoms with van der Waals surface area (Å²) in [6.07, 6.45) is 1.91. The maximum Gasteiger partial charge on any atom is 0.321 e. The molecule has 0 aliphatic rings. The Morgan fingerprint density at radius 3 is 3.00 bits per heavy atom. The maximum absolute atomic E-state index is 11.3. The van der Waals surface area contributed by atoms with Crippen molar-refractivity contribution in [3.8, 4) is 11.8 Å². The van der Waals surface area contributed by atoms with Crippen molar-refractivity contribution in [3.63, 3.8) is 0 Å². The number of hydrogen-bond donors (Lipinski definition) is 2. The maximum atomic E-state index is 11.3. The number of aromatic nitrogens is 2. The number of anilines is 1. The van der Waals surface area contributed by atoms with Crippen LogP contribution in [0.15, 0.2) is 0 Å². The first-order chi connectivity index (χ1) is 7.76. The number of urea groups is 1. The number of aryl methyl sites for hydroxylation is 1. The smallest absolute Gasteiger partial charge is 0.321 e. The molecule has 5 nitrogen and oxygen atoms in total. The van der Waals surface area contributed by atoms with Crippen LogP contribution >= 0.6 is 11.3 Å². The van der Waals surface area contributed by atoms with E-state index in [1.165, 1.54) is 11.3 Å². The number of hydrogen-bond acceptors (Lipinski definition) is 4. The summed E-state index contributed by atoms with van der Waals surface area (Å²) in [5.74, 6) is 5.43. The third kappa shape index (κ3) is 4.28. The van der Waals surface area contributed by atoms with Gasteiger partial charge in [0.25, 0.3) is 0 Å². The highest BCUT2D eigenvalue weighted by Crippen LogP contribution is 2.15. The average Bonchev–Trinajstić information content (AvgIpc) is 2.66. The Morgan fingerprint density at radius 1 is 1.50 bits per heavy atom. The minimum absolute atomic E-state index is 0.304. The molecule has 1 aromatic heterocycles. The number of nitrogens with one attached hydrogen (secondary N) is 2. The first kappa shape index (κ1) is 12.5. The zero-order valence-corrected chi connectivity index (χ0v) is 10.1. The van der Waals surface area contributed by atoms with E-state index in [1.54, 1.807) is 6.92 Å². The molecule has 0 bridgehead atoms. The second-order valence-electron chi connectivity index (χ2n) is 2.99. The van der Waals surface area contributed by atoms with Gasteiger partial charge in [-0.1, -0.05) is 24.2 Å². The number of rotatable bonds is 4. The van der Waals surface area contributed by atoms with Crippen molar-refractivity contribution >= 4 is 22.5 Å². The molecule has 1 heterocycles. The molecule has 6 heteroatoms. The summed E-state index contributed by atoms with van der Waals surface area (Å²) in [5.41, 5.74) is 0. The van der Waals surface area contributed by atoms with E-state index >= 15 is 0 Å². The largest absolute Gasteiger partial charge is 0.327 e. The summed E-state index contributed by atoms with van der Waals surface area (Å²) < 4.78 is 0. The van der Waals surface area contributed by atoms with Gasteiger partial charge in [-0.05, 0) is 13.3 Å². The normalized spacial score (nSPS) is 9.12. The molecule has 0 aliphatic heterocycles. The molecular formula is C10H14N4OS. The summed E-state index contributed by atoms with van der Waals surface area (Å²) in [6, 6.07) is -0.304. The standard InChI is InChI=1S/C10H14N4OS/c1-3-5-7-11-9(15)12-10-14-13-8(16-10)6-4-2/h4,6-7H2,1-2H3,(H2,11,12,14,15). The first-order valence-electron chi connectivity index (χ1n) is 5.03. The van der Waals surface area contributed by atoms with Crippen LogP contribution in [0.25, 0.3) is 0 Å². The summed E-state index contributed by atoms with van der Waals surface area (Å²) in [4.78, 5) is 11.3. The highest BCUT2D eigenvalue weighted by molar-refractivity contribution is 7.15. The summed E-state index contributed by atoms with van der Waals surface area (Å²) in [6.45, 7) is 4.13. The molecule has 0 radical (unpaired) electrons. The van der Waals surface area contributed by atoms with Crippen molar-refractivity contribution in [1.29, 1.82) is 0 Å². The molecule has 0 atom stereocenters. The van der Waals surface area contributed by atoms with Crippen LogP contribution in [-0.2, 0) is 6.42 Å². The lowest BCUT2D eigenvalue weighted by Gasteiger charge is -1.99. The Kier molecular flexibility index (Phi) is 5.29. The van der Waals surface area contributed by atoms with E-state index in [1.807, 2.05) is 0 Å². The first-order valence-corrected chi connectivity index (χ1v) is 5.84. The van der Waals surface area contributed by atoms with E-state index in [0.717, 1.165) is 17.8 Å².